The predicted octanol–water partition coefficient (Wildman–Crippen LogP) is 2.63. The summed E-state index contributed by atoms with van der Waals surface area (Å²) in [7, 11) is 0. The van der Waals surface area contributed by atoms with E-state index in [4.69, 9.17) is 10.6 Å². The van der Waals surface area contributed by atoms with Gasteiger partial charge in [-0.25, -0.2) is 4.68 Å². The van der Waals surface area contributed by atoms with Crippen molar-refractivity contribution in [1.29, 1.82) is 0 Å². The van der Waals surface area contributed by atoms with Gasteiger partial charge in [0, 0.05) is 6.54 Å². The van der Waals surface area contributed by atoms with Gasteiger partial charge in [-0.1, -0.05) is 51.1 Å². The molecule has 0 spiro atoms. The zero-order valence-electron chi connectivity index (χ0n) is 16.1. The molecule has 1 amide bonds. The highest BCUT2D eigenvalue weighted by Crippen LogP contribution is 2.27. The second-order valence-electron chi connectivity index (χ2n) is 7.73. The van der Waals surface area contributed by atoms with Crippen molar-refractivity contribution in [3.8, 4) is 5.75 Å². The Morgan fingerprint density at radius 1 is 1.26 bits per heavy atom. The molecule has 146 valence electrons. The summed E-state index contributed by atoms with van der Waals surface area (Å²) in [5, 5.41) is 11.5. The number of thioether (sulfide) groups is 1. The van der Waals surface area contributed by atoms with E-state index in [1.807, 2.05) is 12.1 Å². The Hall–Kier alpha value is -2.22. The lowest BCUT2D eigenvalue weighted by atomic mass is 9.87. The molecule has 2 aromatic rings. The first kappa shape index (κ1) is 19.5. The van der Waals surface area contributed by atoms with E-state index in [9.17, 15) is 4.79 Å². The van der Waals surface area contributed by atoms with Crippen molar-refractivity contribution in [3.05, 3.63) is 35.7 Å². The Morgan fingerprint density at radius 2 is 2.00 bits per heavy atom. The van der Waals surface area contributed by atoms with E-state index in [1.54, 1.807) is 0 Å². The number of nitrogens with zero attached hydrogens (tertiary/aromatic N) is 3. The molecule has 1 unspecified atom stereocenters. The highest BCUT2D eigenvalue weighted by atomic mass is 32.2. The topological polar surface area (TPSA) is 95.1 Å². The molecule has 1 fully saturated rings. The number of aromatic nitrogens is 3. The Morgan fingerprint density at radius 3 is 2.70 bits per heavy atom. The van der Waals surface area contributed by atoms with Crippen LogP contribution in [0.15, 0.2) is 29.4 Å². The minimum atomic E-state index is -0.183. The van der Waals surface area contributed by atoms with Crippen molar-refractivity contribution in [2.24, 2.45) is 0 Å². The van der Waals surface area contributed by atoms with E-state index in [2.05, 4.69) is 48.4 Å². The lowest BCUT2D eigenvalue weighted by Gasteiger charge is -2.19. The Bertz CT molecular complexity index is 782. The maximum absolute atomic E-state index is 12.1. The van der Waals surface area contributed by atoms with Crippen molar-refractivity contribution in [2.75, 3.05) is 12.4 Å². The summed E-state index contributed by atoms with van der Waals surface area (Å²) in [6, 6.07) is 8.02. The monoisotopic (exact) mass is 389 g/mol. The standard InChI is InChI=1S/C19H27N5O2S/c1-19(2,3)13-7-9-14(10-8-13)26-12-16-22-23-18(24(16)20)27-15-6-4-5-11-21-17(15)25/h7-10,15H,4-6,11-12,20H2,1-3H3,(H,21,25). The van der Waals surface area contributed by atoms with Crippen LogP contribution >= 0.6 is 11.8 Å². The normalized spacial score (nSPS) is 18.0. The van der Waals surface area contributed by atoms with Crippen molar-refractivity contribution in [1.82, 2.24) is 20.2 Å². The van der Waals surface area contributed by atoms with Crippen molar-refractivity contribution < 1.29 is 9.53 Å². The van der Waals surface area contributed by atoms with Crippen molar-refractivity contribution >= 4 is 17.7 Å². The fraction of sp³-hybridized carbons (Fsp3) is 0.526. The van der Waals surface area contributed by atoms with Crippen LogP contribution in [-0.4, -0.2) is 32.6 Å². The van der Waals surface area contributed by atoms with Crippen LogP contribution in [0.5, 0.6) is 5.75 Å². The molecule has 0 radical (unpaired) electrons. The quantitative estimate of drug-likeness (QED) is 0.764. The first-order valence-electron chi connectivity index (χ1n) is 9.21. The molecule has 27 heavy (non-hydrogen) atoms. The highest BCUT2D eigenvalue weighted by Gasteiger charge is 2.24. The zero-order valence-corrected chi connectivity index (χ0v) is 16.9. The molecule has 3 rings (SSSR count). The van der Waals surface area contributed by atoms with Crippen LogP contribution in [0.4, 0.5) is 0 Å². The van der Waals surface area contributed by atoms with E-state index in [-0.39, 0.29) is 23.2 Å². The molecule has 1 aromatic carbocycles. The van der Waals surface area contributed by atoms with Gasteiger partial charge >= 0.3 is 0 Å². The van der Waals surface area contributed by atoms with Crippen LogP contribution in [0.3, 0.4) is 0 Å². The van der Waals surface area contributed by atoms with Gasteiger partial charge in [0.05, 0.1) is 5.25 Å². The number of carbonyl (C=O) groups is 1. The molecular weight excluding hydrogens is 362 g/mol. The molecule has 0 aliphatic carbocycles. The van der Waals surface area contributed by atoms with Gasteiger partial charge < -0.3 is 15.9 Å². The fourth-order valence-electron chi connectivity index (χ4n) is 2.84. The van der Waals surface area contributed by atoms with Gasteiger partial charge in [0.2, 0.25) is 11.1 Å². The van der Waals surface area contributed by atoms with Crippen LogP contribution in [-0.2, 0) is 16.8 Å². The lowest BCUT2D eigenvalue weighted by Crippen LogP contribution is -2.31. The van der Waals surface area contributed by atoms with Gasteiger partial charge in [-0.2, -0.15) is 0 Å². The first-order valence-corrected chi connectivity index (χ1v) is 10.1. The molecule has 1 aliphatic heterocycles. The first-order chi connectivity index (χ1) is 12.8. The summed E-state index contributed by atoms with van der Waals surface area (Å²) >= 11 is 1.36. The van der Waals surface area contributed by atoms with Gasteiger partial charge in [-0.3, -0.25) is 4.79 Å². The van der Waals surface area contributed by atoms with E-state index < -0.39 is 0 Å². The summed E-state index contributed by atoms with van der Waals surface area (Å²) in [5.41, 5.74) is 1.35. The maximum Gasteiger partial charge on any atom is 0.233 e. The number of nitrogen functional groups attached to an aromatic ring is 1. The number of nitrogens with one attached hydrogen (secondary N) is 1. The number of amides is 1. The largest absolute Gasteiger partial charge is 0.486 e. The molecule has 3 N–H and O–H groups in total. The molecular formula is C19H27N5O2S. The van der Waals surface area contributed by atoms with Crippen LogP contribution in [0.1, 0.15) is 51.4 Å². The van der Waals surface area contributed by atoms with E-state index in [0.29, 0.717) is 11.0 Å². The molecule has 1 saturated heterocycles. The summed E-state index contributed by atoms with van der Waals surface area (Å²) in [4.78, 5) is 12.1. The number of hydrogen-bond acceptors (Lipinski definition) is 6. The minimum Gasteiger partial charge on any atom is -0.486 e. The summed E-state index contributed by atoms with van der Waals surface area (Å²) in [5.74, 6) is 7.42. The number of ether oxygens (including phenoxy) is 1. The number of rotatable bonds is 5. The molecule has 7 nitrogen and oxygen atoms in total. The summed E-state index contributed by atoms with van der Waals surface area (Å²) in [6.07, 6.45) is 2.83. The van der Waals surface area contributed by atoms with Crippen LogP contribution < -0.4 is 15.9 Å². The predicted molar refractivity (Wildman–Crippen MR) is 106 cm³/mol. The second kappa shape index (κ2) is 8.21. The lowest BCUT2D eigenvalue weighted by molar-refractivity contribution is -0.120. The Kier molecular flexibility index (Phi) is 5.94. The average Bonchev–Trinajstić information content (AvgIpc) is 2.84. The molecule has 2 heterocycles. The Balaban J connectivity index is 1.61. The van der Waals surface area contributed by atoms with E-state index >= 15 is 0 Å². The third-order valence-corrected chi connectivity index (χ3v) is 5.78. The van der Waals surface area contributed by atoms with Gasteiger partial charge in [0.15, 0.2) is 5.82 Å². The van der Waals surface area contributed by atoms with Gasteiger partial charge in [0.1, 0.15) is 12.4 Å². The average molecular weight is 390 g/mol. The highest BCUT2D eigenvalue weighted by molar-refractivity contribution is 8.00. The maximum atomic E-state index is 12.1. The number of nitrogens with two attached hydrogens (primary N) is 1. The van der Waals surface area contributed by atoms with Crippen molar-refractivity contribution in [2.45, 2.75) is 62.5 Å². The molecule has 0 saturated carbocycles. The number of carbonyl (C=O) groups excluding carboxylic acids is 1. The molecule has 0 bridgehead atoms. The van der Waals surface area contributed by atoms with Gasteiger partial charge in [-0.05, 0) is 36.0 Å². The van der Waals surface area contributed by atoms with Gasteiger partial charge in [0.25, 0.3) is 0 Å². The second-order valence-corrected chi connectivity index (χ2v) is 8.90. The fourth-order valence-corrected chi connectivity index (χ4v) is 3.87. The van der Waals surface area contributed by atoms with Crippen LogP contribution in [0.25, 0.3) is 0 Å². The Labute approximate surface area is 164 Å². The number of hydrogen-bond donors (Lipinski definition) is 2. The van der Waals surface area contributed by atoms with Crippen molar-refractivity contribution in [3.63, 3.8) is 0 Å². The minimum absolute atomic E-state index is 0.0391. The SMILES string of the molecule is CC(C)(C)c1ccc(OCc2nnc(SC3CCCCNC3=O)n2N)cc1. The molecule has 1 atom stereocenters. The molecule has 1 aliphatic rings. The molecule has 1 aromatic heterocycles. The van der Waals surface area contributed by atoms with Crippen LogP contribution in [0.2, 0.25) is 0 Å². The third-order valence-electron chi connectivity index (χ3n) is 4.56. The van der Waals surface area contributed by atoms with Crippen LogP contribution in [0, 0.1) is 0 Å². The third kappa shape index (κ3) is 4.94. The summed E-state index contributed by atoms with van der Waals surface area (Å²) < 4.78 is 7.20. The summed E-state index contributed by atoms with van der Waals surface area (Å²) in [6.45, 7) is 7.47. The number of benzene rings is 1. The molecule has 8 heteroatoms. The van der Waals surface area contributed by atoms with E-state index in [0.717, 1.165) is 31.6 Å². The van der Waals surface area contributed by atoms with Gasteiger partial charge in [-0.15, -0.1) is 10.2 Å². The smallest absolute Gasteiger partial charge is 0.233 e. The zero-order chi connectivity index (χ0) is 19.4. The van der Waals surface area contributed by atoms with E-state index in [1.165, 1.54) is 22.0 Å².